The Morgan fingerprint density at radius 3 is 3.00 bits per heavy atom. The Morgan fingerprint density at radius 2 is 2.21 bits per heavy atom. The van der Waals surface area contributed by atoms with Gasteiger partial charge in [0, 0.05) is 24.5 Å². The van der Waals surface area contributed by atoms with Crippen LogP contribution in [0.3, 0.4) is 0 Å². The Balaban J connectivity index is 1.78. The highest BCUT2D eigenvalue weighted by molar-refractivity contribution is 5.44. The largest absolute Gasteiger partial charge is 0.508 e. The van der Waals surface area contributed by atoms with E-state index in [0.717, 1.165) is 18.4 Å². The highest BCUT2D eigenvalue weighted by Gasteiger charge is 2.25. The highest BCUT2D eigenvalue weighted by Crippen LogP contribution is 2.37. The second kappa shape index (κ2) is 5.02. The maximum atomic E-state index is 9.86. The van der Waals surface area contributed by atoms with Crippen molar-refractivity contribution in [3.63, 3.8) is 0 Å². The maximum Gasteiger partial charge on any atom is 0.119 e. The van der Waals surface area contributed by atoms with Crippen LogP contribution in [0.5, 0.6) is 5.75 Å². The topological polar surface area (TPSA) is 45.1 Å². The number of hydrogen-bond donors (Lipinski definition) is 2. The van der Waals surface area contributed by atoms with Gasteiger partial charge in [-0.05, 0) is 48.6 Å². The van der Waals surface area contributed by atoms with Crippen LogP contribution < -0.4 is 5.32 Å². The van der Waals surface area contributed by atoms with E-state index >= 15 is 0 Å². The van der Waals surface area contributed by atoms with Crippen LogP contribution in [0.4, 0.5) is 0 Å². The summed E-state index contributed by atoms with van der Waals surface area (Å²) in [7, 11) is 0. The Hall–Kier alpha value is -1.87. The molecule has 1 aliphatic carbocycles. The fourth-order valence-corrected chi connectivity index (χ4v) is 2.84. The van der Waals surface area contributed by atoms with Gasteiger partial charge in [-0.2, -0.15) is 0 Å². The minimum absolute atomic E-state index is 0.256. The number of rotatable bonds is 3. The summed E-state index contributed by atoms with van der Waals surface area (Å²) >= 11 is 0. The molecule has 1 unspecified atom stereocenters. The average Bonchev–Trinajstić information content (AvgIpc) is 2.84. The molecule has 0 aliphatic heterocycles. The van der Waals surface area contributed by atoms with Crippen molar-refractivity contribution in [1.29, 1.82) is 0 Å². The molecule has 3 rings (SSSR count). The normalized spacial score (nSPS) is 19.1. The van der Waals surface area contributed by atoms with Gasteiger partial charge < -0.3 is 10.4 Å². The van der Waals surface area contributed by atoms with Crippen LogP contribution >= 0.6 is 0 Å². The van der Waals surface area contributed by atoms with E-state index in [2.05, 4.69) is 29.4 Å². The second-order valence-corrected chi connectivity index (χ2v) is 5.11. The van der Waals surface area contributed by atoms with Crippen molar-refractivity contribution in [2.45, 2.75) is 31.8 Å². The van der Waals surface area contributed by atoms with Crippen molar-refractivity contribution in [3.8, 4) is 5.75 Å². The number of phenolic OH excluding ortho intramolecular Hbond substituents is 1. The summed E-state index contributed by atoms with van der Waals surface area (Å²) in [5, 5.41) is 13.5. The van der Waals surface area contributed by atoms with Crippen LogP contribution in [0.2, 0.25) is 0 Å². The van der Waals surface area contributed by atoms with Gasteiger partial charge in [0.1, 0.15) is 5.75 Å². The van der Waals surface area contributed by atoms with E-state index in [4.69, 9.17) is 0 Å². The van der Waals surface area contributed by atoms with Crippen molar-refractivity contribution in [3.05, 3.63) is 59.4 Å². The van der Waals surface area contributed by atoms with E-state index in [0.29, 0.717) is 11.8 Å². The zero-order valence-corrected chi connectivity index (χ0v) is 11.0. The molecule has 0 bridgehead atoms. The second-order valence-electron chi connectivity index (χ2n) is 5.11. The molecule has 0 amide bonds. The molecule has 2 atom stereocenters. The third kappa shape index (κ3) is 2.34. The van der Waals surface area contributed by atoms with Crippen LogP contribution in [0.15, 0.2) is 42.7 Å². The first-order valence-electron chi connectivity index (χ1n) is 6.72. The predicted octanol–water partition coefficient (Wildman–Crippen LogP) is 3.13. The monoisotopic (exact) mass is 254 g/mol. The van der Waals surface area contributed by atoms with Crippen LogP contribution in [0.1, 0.15) is 42.1 Å². The van der Waals surface area contributed by atoms with Crippen LogP contribution in [-0.4, -0.2) is 10.1 Å². The van der Waals surface area contributed by atoms with E-state index in [1.165, 1.54) is 11.1 Å². The lowest BCUT2D eigenvalue weighted by molar-refractivity contribution is 0.464. The highest BCUT2D eigenvalue weighted by atomic mass is 16.3. The summed E-state index contributed by atoms with van der Waals surface area (Å²) in [5.74, 6) is 0.427. The molecule has 19 heavy (non-hydrogen) atoms. The summed E-state index contributed by atoms with van der Waals surface area (Å²) in [4.78, 5) is 4.16. The first-order chi connectivity index (χ1) is 9.25. The van der Waals surface area contributed by atoms with Gasteiger partial charge in [-0.3, -0.25) is 4.98 Å². The van der Waals surface area contributed by atoms with E-state index in [-0.39, 0.29) is 6.04 Å². The van der Waals surface area contributed by atoms with Gasteiger partial charge in [0.25, 0.3) is 0 Å². The number of nitrogens with zero attached hydrogens (tertiary/aromatic N) is 1. The fourth-order valence-electron chi connectivity index (χ4n) is 2.84. The summed E-state index contributed by atoms with van der Waals surface area (Å²) in [5.41, 5.74) is 3.52. The molecule has 1 heterocycles. The van der Waals surface area contributed by atoms with E-state index in [9.17, 15) is 5.11 Å². The molecule has 0 spiro atoms. The van der Waals surface area contributed by atoms with Crippen molar-refractivity contribution >= 4 is 0 Å². The van der Waals surface area contributed by atoms with Gasteiger partial charge in [-0.25, -0.2) is 0 Å². The smallest absolute Gasteiger partial charge is 0.119 e. The van der Waals surface area contributed by atoms with Crippen LogP contribution in [0.25, 0.3) is 0 Å². The van der Waals surface area contributed by atoms with Gasteiger partial charge in [0.15, 0.2) is 0 Å². The number of benzene rings is 1. The standard InChI is InChI=1S/C16H18N2O/c1-11(12-4-3-9-17-10-12)18-15-8-7-14-13(15)5-2-6-16(14)19/h2-6,9-11,15,18-19H,7-8H2,1H3/t11-,15?/m1/s1. The Labute approximate surface area is 113 Å². The molecule has 3 nitrogen and oxygen atoms in total. The Kier molecular flexibility index (Phi) is 3.22. The number of fused-ring (bicyclic) bond motifs is 1. The lowest BCUT2D eigenvalue weighted by Gasteiger charge is -2.20. The van der Waals surface area contributed by atoms with E-state index < -0.39 is 0 Å². The summed E-state index contributed by atoms with van der Waals surface area (Å²) in [6.07, 6.45) is 5.67. The first kappa shape index (κ1) is 12.2. The Morgan fingerprint density at radius 1 is 1.32 bits per heavy atom. The lowest BCUT2D eigenvalue weighted by Crippen LogP contribution is -2.23. The molecular formula is C16H18N2O. The molecule has 0 radical (unpaired) electrons. The van der Waals surface area contributed by atoms with Gasteiger partial charge in [0.2, 0.25) is 0 Å². The average molecular weight is 254 g/mol. The van der Waals surface area contributed by atoms with Gasteiger partial charge >= 0.3 is 0 Å². The lowest BCUT2D eigenvalue weighted by atomic mass is 10.0. The first-order valence-corrected chi connectivity index (χ1v) is 6.72. The number of phenols is 1. The molecule has 0 fully saturated rings. The summed E-state index contributed by atoms with van der Waals surface area (Å²) in [6.45, 7) is 2.15. The number of nitrogens with one attached hydrogen (secondary N) is 1. The van der Waals surface area contributed by atoms with Crippen molar-refractivity contribution in [2.75, 3.05) is 0 Å². The molecule has 3 heteroatoms. The van der Waals surface area contributed by atoms with Gasteiger partial charge in [-0.15, -0.1) is 0 Å². The van der Waals surface area contributed by atoms with Crippen molar-refractivity contribution < 1.29 is 5.11 Å². The van der Waals surface area contributed by atoms with Crippen molar-refractivity contribution in [1.82, 2.24) is 10.3 Å². The van der Waals surface area contributed by atoms with Crippen LogP contribution in [-0.2, 0) is 6.42 Å². The molecule has 0 saturated carbocycles. The minimum Gasteiger partial charge on any atom is -0.508 e. The molecule has 0 saturated heterocycles. The third-order valence-corrected chi connectivity index (χ3v) is 3.88. The van der Waals surface area contributed by atoms with Crippen LogP contribution in [0, 0.1) is 0 Å². The fraction of sp³-hybridized carbons (Fsp3) is 0.312. The SMILES string of the molecule is C[C@@H](NC1CCc2c(O)cccc21)c1cccnc1. The predicted molar refractivity (Wildman–Crippen MR) is 75.0 cm³/mol. The van der Waals surface area contributed by atoms with E-state index in [1.807, 2.05) is 18.3 Å². The Bertz CT molecular complexity index is 568. The third-order valence-electron chi connectivity index (χ3n) is 3.88. The number of pyridine rings is 1. The van der Waals surface area contributed by atoms with Crippen molar-refractivity contribution in [2.24, 2.45) is 0 Å². The van der Waals surface area contributed by atoms with Gasteiger partial charge in [-0.1, -0.05) is 18.2 Å². The summed E-state index contributed by atoms with van der Waals surface area (Å²) in [6, 6.07) is 10.4. The number of aromatic hydroxyl groups is 1. The summed E-state index contributed by atoms with van der Waals surface area (Å²) < 4.78 is 0. The number of aromatic nitrogens is 1. The zero-order chi connectivity index (χ0) is 13.2. The molecule has 2 aromatic rings. The molecule has 1 aromatic carbocycles. The molecule has 1 aromatic heterocycles. The maximum absolute atomic E-state index is 9.86. The van der Waals surface area contributed by atoms with E-state index in [1.54, 1.807) is 12.3 Å². The molecule has 98 valence electrons. The molecular weight excluding hydrogens is 236 g/mol. The van der Waals surface area contributed by atoms with Gasteiger partial charge in [0.05, 0.1) is 0 Å². The zero-order valence-electron chi connectivity index (χ0n) is 11.0. The minimum atomic E-state index is 0.256. The molecule has 2 N–H and O–H groups in total. The number of hydrogen-bond acceptors (Lipinski definition) is 3. The molecule has 1 aliphatic rings. The quantitative estimate of drug-likeness (QED) is 0.884.